The minimum atomic E-state index is -0.740. The zero-order chi connectivity index (χ0) is 20.8. The second kappa shape index (κ2) is 9.73. The number of ether oxygens (including phenoxy) is 2. The number of halogens is 2. The second-order valence-corrected chi connectivity index (χ2v) is 8.49. The van der Waals surface area contributed by atoms with Crippen LogP contribution in [0.25, 0.3) is 0 Å². The fraction of sp³-hybridized carbons (Fsp3) is 0.348. The van der Waals surface area contributed by atoms with E-state index in [4.69, 9.17) is 9.47 Å². The van der Waals surface area contributed by atoms with E-state index in [1.54, 1.807) is 48.6 Å². The number of hydrogen-bond donors (Lipinski definition) is 0. The van der Waals surface area contributed by atoms with Gasteiger partial charge < -0.3 is 14.0 Å². The van der Waals surface area contributed by atoms with E-state index in [0.717, 1.165) is 29.1 Å². The Morgan fingerprint density at radius 1 is 1.03 bits per heavy atom. The number of hydrogen-bond acceptors (Lipinski definition) is 4. The van der Waals surface area contributed by atoms with Crippen LogP contribution in [0.1, 0.15) is 17.5 Å². The van der Waals surface area contributed by atoms with Crippen LogP contribution in [0.2, 0.25) is 0 Å². The van der Waals surface area contributed by atoms with Crippen molar-refractivity contribution in [3.63, 3.8) is 0 Å². The van der Waals surface area contributed by atoms with Gasteiger partial charge in [0.1, 0.15) is 11.6 Å². The van der Waals surface area contributed by atoms with E-state index in [0.29, 0.717) is 19.6 Å². The SMILES string of the molecule is Fc1ccc(CCC2(Cn3ccnc3)OCC(CSCc3ccc(F)cc3)O2)cc1. The van der Waals surface area contributed by atoms with E-state index >= 15 is 0 Å². The summed E-state index contributed by atoms with van der Waals surface area (Å²) < 4.78 is 40.8. The molecule has 0 bridgehead atoms. The fourth-order valence-electron chi connectivity index (χ4n) is 3.52. The molecule has 4 nitrogen and oxygen atoms in total. The maximum Gasteiger partial charge on any atom is 0.187 e. The number of rotatable bonds is 9. The molecular weight excluding hydrogens is 406 g/mol. The molecule has 2 unspecified atom stereocenters. The van der Waals surface area contributed by atoms with Crippen molar-refractivity contribution in [3.05, 3.63) is 90.0 Å². The van der Waals surface area contributed by atoms with Crippen molar-refractivity contribution >= 4 is 11.8 Å². The molecule has 158 valence electrons. The molecule has 2 aromatic carbocycles. The van der Waals surface area contributed by atoms with Crippen molar-refractivity contribution in [3.8, 4) is 0 Å². The van der Waals surface area contributed by atoms with Gasteiger partial charge in [-0.15, -0.1) is 0 Å². The topological polar surface area (TPSA) is 36.3 Å². The van der Waals surface area contributed by atoms with E-state index in [9.17, 15) is 8.78 Å². The molecule has 2 heterocycles. The summed E-state index contributed by atoms with van der Waals surface area (Å²) in [5, 5.41) is 0. The Bertz CT molecular complexity index is 919. The van der Waals surface area contributed by atoms with Crippen LogP contribution < -0.4 is 0 Å². The van der Waals surface area contributed by atoms with Crippen LogP contribution in [0, 0.1) is 11.6 Å². The zero-order valence-corrected chi connectivity index (χ0v) is 17.4. The first-order valence-corrected chi connectivity index (χ1v) is 11.1. The second-order valence-electron chi connectivity index (χ2n) is 7.46. The summed E-state index contributed by atoms with van der Waals surface area (Å²) in [7, 11) is 0. The highest BCUT2D eigenvalue weighted by Gasteiger charge is 2.41. The van der Waals surface area contributed by atoms with E-state index in [1.165, 1.54) is 24.3 Å². The molecule has 0 aliphatic carbocycles. The van der Waals surface area contributed by atoms with Gasteiger partial charge in [0.05, 0.1) is 25.6 Å². The molecule has 0 saturated carbocycles. The normalized spacial score (nSPS) is 21.2. The summed E-state index contributed by atoms with van der Waals surface area (Å²) in [6.07, 6.45) is 6.75. The highest BCUT2D eigenvalue weighted by Crippen LogP contribution is 2.32. The zero-order valence-electron chi connectivity index (χ0n) is 16.5. The molecule has 3 aromatic rings. The first kappa shape index (κ1) is 21.0. The van der Waals surface area contributed by atoms with Gasteiger partial charge in [0, 0.05) is 30.3 Å². The average Bonchev–Trinajstić information content (AvgIpc) is 3.40. The lowest BCUT2D eigenvalue weighted by Gasteiger charge is -2.28. The van der Waals surface area contributed by atoms with Crippen molar-refractivity contribution in [1.82, 2.24) is 9.55 Å². The van der Waals surface area contributed by atoms with Crippen LogP contribution in [-0.2, 0) is 28.2 Å². The van der Waals surface area contributed by atoms with Gasteiger partial charge in [0.2, 0.25) is 0 Å². The molecule has 0 amide bonds. The summed E-state index contributed by atoms with van der Waals surface area (Å²) in [6.45, 7) is 1.07. The standard InChI is InChI=1S/C23H24F2N2O2S/c24-20-5-1-18(2-6-20)9-10-23(16-27-12-11-26-17-27)28-13-22(29-23)15-30-14-19-3-7-21(25)8-4-19/h1-8,11-12,17,22H,9-10,13-16H2. The number of benzene rings is 2. The van der Waals surface area contributed by atoms with Crippen LogP contribution >= 0.6 is 11.8 Å². The van der Waals surface area contributed by atoms with E-state index in [1.807, 2.05) is 10.8 Å². The van der Waals surface area contributed by atoms with E-state index in [2.05, 4.69) is 4.98 Å². The predicted molar refractivity (Wildman–Crippen MR) is 113 cm³/mol. The third-order valence-electron chi connectivity index (χ3n) is 5.09. The molecule has 30 heavy (non-hydrogen) atoms. The summed E-state index contributed by atoms with van der Waals surface area (Å²) >= 11 is 1.75. The molecule has 1 aromatic heterocycles. The van der Waals surface area contributed by atoms with E-state index in [-0.39, 0.29) is 17.7 Å². The summed E-state index contributed by atoms with van der Waals surface area (Å²) in [4.78, 5) is 4.11. The summed E-state index contributed by atoms with van der Waals surface area (Å²) in [5.74, 6) is 0.389. The lowest BCUT2D eigenvalue weighted by Crippen LogP contribution is -2.37. The van der Waals surface area contributed by atoms with Crippen molar-refractivity contribution in [1.29, 1.82) is 0 Å². The molecule has 1 fully saturated rings. The van der Waals surface area contributed by atoms with Gasteiger partial charge in [-0.05, 0) is 41.8 Å². The molecule has 1 saturated heterocycles. The molecular formula is C23H24F2N2O2S. The van der Waals surface area contributed by atoms with Crippen LogP contribution in [0.3, 0.4) is 0 Å². The molecule has 0 N–H and O–H groups in total. The third-order valence-corrected chi connectivity index (χ3v) is 6.23. The molecule has 0 radical (unpaired) electrons. The maximum atomic E-state index is 13.2. The van der Waals surface area contributed by atoms with Crippen molar-refractivity contribution < 1.29 is 18.3 Å². The highest BCUT2D eigenvalue weighted by atomic mass is 32.2. The Morgan fingerprint density at radius 3 is 2.40 bits per heavy atom. The Hall–Kier alpha value is -2.22. The molecule has 2 atom stereocenters. The van der Waals surface area contributed by atoms with Gasteiger partial charge >= 0.3 is 0 Å². The lowest BCUT2D eigenvalue weighted by molar-refractivity contribution is -0.180. The smallest absolute Gasteiger partial charge is 0.187 e. The van der Waals surface area contributed by atoms with E-state index < -0.39 is 5.79 Å². The van der Waals surface area contributed by atoms with Crippen LogP contribution in [-0.4, -0.2) is 33.8 Å². The van der Waals surface area contributed by atoms with Crippen LogP contribution in [0.15, 0.2) is 67.3 Å². The molecule has 1 aliphatic heterocycles. The first-order valence-electron chi connectivity index (χ1n) is 9.94. The quantitative estimate of drug-likeness (QED) is 0.487. The monoisotopic (exact) mass is 430 g/mol. The summed E-state index contributed by atoms with van der Waals surface area (Å²) in [5.41, 5.74) is 2.13. The number of aromatic nitrogens is 2. The molecule has 1 aliphatic rings. The van der Waals surface area contributed by atoms with Gasteiger partial charge in [-0.25, -0.2) is 13.8 Å². The number of aryl methyl sites for hydroxylation is 1. The van der Waals surface area contributed by atoms with Gasteiger partial charge in [-0.3, -0.25) is 0 Å². The molecule has 7 heteroatoms. The Kier molecular flexibility index (Phi) is 6.82. The van der Waals surface area contributed by atoms with Gasteiger partial charge in [0.25, 0.3) is 0 Å². The number of nitrogens with zero attached hydrogens (tertiary/aromatic N) is 2. The van der Waals surface area contributed by atoms with Crippen molar-refractivity contribution in [2.45, 2.75) is 37.0 Å². The maximum absolute atomic E-state index is 13.2. The minimum Gasteiger partial charge on any atom is -0.345 e. The molecule has 4 rings (SSSR count). The number of thioether (sulfide) groups is 1. The lowest BCUT2D eigenvalue weighted by atomic mass is 10.0. The average molecular weight is 431 g/mol. The first-order chi connectivity index (χ1) is 14.6. The fourth-order valence-corrected chi connectivity index (χ4v) is 4.50. The molecule has 0 spiro atoms. The van der Waals surface area contributed by atoms with Crippen LogP contribution in [0.4, 0.5) is 8.78 Å². The largest absolute Gasteiger partial charge is 0.345 e. The summed E-state index contributed by atoms with van der Waals surface area (Å²) in [6, 6.07) is 13.1. The Morgan fingerprint density at radius 2 is 1.73 bits per heavy atom. The highest BCUT2D eigenvalue weighted by molar-refractivity contribution is 7.98. The predicted octanol–water partition coefficient (Wildman–Crippen LogP) is 4.84. The Balaban J connectivity index is 1.35. The van der Waals surface area contributed by atoms with Crippen LogP contribution in [0.5, 0.6) is 0 Å². The third kappa shape index (κ3) is 5.68. The minimum absolute atomic E-state index is 0.0211. The van der Waals surface area contributed by atoms with Gasteiger partial charge in [0.15, 0.2) is 5.79 Å². The Labute approximate surface area is 179 Å². The number of imidazole rings is 1. The van der Waals surface area contributed by atoms with Gasteiger partial charge in [-0.2, -0.15) is 11.8 Å². The van der Waals surface area contributed by atoms with Crippen molar-refractivity contribution in [2.24, 2.45) is 0 Å². The van der Waals surface area contributed by atoms with Gasteiger partial charge in [-0.1, -0.05) is 24.3 Å². The van der Waals surface area contributed by atoms with Crippen molar-refractivity contribution in [2.75, 3.05) is 12.4 Å².